The van der Waals surface area contributed by atoms with Gasteiger partial charge in [-0.25, -0.2) is 8.78 Å². The minimum atomic E-state index is -0.548. The lowest BCUT2D eigenvalue weighted by atomic mass is 10.0. The third-order valence-corrected chi connectivity index (χ3v) is 4.18. The molecule has 2 aromatic rings. The van der Waals surface area contributed by atoms with Crippen LogP contribution in [0.15, 0.2) is 22.7 Å². The molecule has 0 spiro atoms. The van der Waals surface area contributed by atoms with E-state index in [1.807, 2.05) is 13.8 Å². The molecule has 124 valence electrons. The van der Waals surface area contributed by atoms with Gasteiger partial charge in [0.15, 0.2) is 5.82 Å². The Bertz CT molecular complexity index is 651. The molecule has 1 atom stereocenters. The molecule has 0 N–H and O–H groups in total. The fourth-order valence-corrected chi connectivity index (χ4v) is 3.01. The Hall–Kier alpha value is -1.82. The van der Waals surface area contributed by atoms with Gasteiger partial charge in [-0.3, -0.25) is 4.90 Å². The maximum Gasteiger partial charge on any atom is 0.244 e. The molecule has 6 heteroatoms. The molecule has 0 amide bonds. The van der Waals surface area contributed by atoms with Gasteiger partial charge in [-0.05, 0) is 37.1 Å². The van der Waals surface area contributed by atoms with Gasteiger partial charge in [0, 0.05) is 18.5 Å². The van der Waals surface area contributed by atoms with Crippen molar-refractivity contribution in [1.82, 2.24) is 15.0 Å². The molecule has 0 aliphatic carbocycles. The van der Waals surface area contributed by atoms with E-state index < -0.39 is 11.6 Å². The number of benzene rings is 1. The lowest BCUT2D eigenvalue weighted by Gasteiger charge is -2.33. The summed E-state index contributed by atoms with van der Waals surface area (Å²) < 4.78 is 32.2. The van der Waals surface area contributed by atoms with E-state index in [2.05, 4.69) is 15.0 Å². The average Bonchev–Trinajstić information content (AvgIpc) is 2.96. The highest BCUT2D eigenvalue weighted by molar-refractivity contribution is 5.18. The van der Waals surface area contributed by atoms with Crippen LogP contribution in [0.4, 0.5) is 8.78 Å². The highest BCUT2D eigenvalue weighted by atomic mass is 19.1. The molecule has 3 rings (SSSR count). The highest BCUT2D eigenvalue weighted by Gasteiger charge is 2.29. The molecular weight excluding hydrogens is 300 g/mol. The van der Waals surface area contributed by atoms with Crippen LogP contribution in [0.1, 0.15) is 62.3 Å². The zero-order valence-electron chi connectivity index (χ0n) is 13.4. The van der Waals surface area contributed by atoms with Crippen molar-refractivity contribution in [3.8, 4) is 0 Å². The van der Waals surface area contributed by atoms with Crippen molar-refractivity contribution in [3.05, 3.63) is 47.1 Å². The molecule has 23 heavy (non-hydrogen) atoms. The molecule has 1 aliphatic rings. The third-order valence-electron chi connectivity index (χ3n) is 4.18. The van der Waals surface area contributed by atoms with Crippen LogP contribution in [0.2, 0.25) is 0 Å². The van der Waals surface area contributed by atoms with Gasteiger partial charge in [-0.15, -0.1) is 0 Å². The lowest BCUT2D eigenvalue weighted by molar-refractivity contribution is 0.111. The van der Waals surface area contributed by atoms with E-state index in [9.17, 15) is 8.78 Å². The van der Waals surface area contributed by atoms with Crippen LogP contribution in [0, 0.1) is 11.6 Å². The molecule has 1 fully saturated rings. The van der Waals surface area contributed by atoms with E-state index in [-0.39, 0.29) is 12.0 Å². The van der Waals surface area contributed by atoms with E-state index in [1.54, 1.807) is 0 Å². The van der Waals surface area contributed by atoms with Crippen LogP contribution in [-0.4, -0.2) is 21.6 Å². The topological polar surface area (TPSA) is 42.2 Å². The van der Waals surface area contributed by atoms with Crippen molar-refractivity contribution < 1.29 is 13.3 Å². The zero-order chi connectivity index (χ0) is 16.4. The van der Waals surface area contributed by atoms with Crippen LogP contribution < -0.4 is 0 Å². The predicted octanol–water partition coefficient (Wildman–Crippen LogP) is 4.20. The maximum absolute atomic E-state index is 13.4. The molecule has 4 nitrogen and oxygen atoms in total. The standard InChI is InChI=1S/C17H21F2N3O/c1-11(2)16-20-17(23-21-16)15-5-3-4-6-22(15)10-12-7-13(18)9-14(19)8-12/h7-9,11,15H,3-6,10H2,1-2H3. The van der Waals surface area contributed by atoms with Gasteiger partial charge < -0.3 is 4.52 Å². The summed E-state index contributed by atoms with van der Waals surface area (Å²) >= 11 is 0. The highest BCUT2D eigenvalue weighted by Crippen LogP contribution is 2.32. The Morgan fingerprint density at radius 3 is 2.61 bits per heavy atom. The first-order valence-corrected chi connectivity index (χ1v) is 8.05. The number of halogens is 2. The molecule has 1 aromatic carbocycles. The minimum absolute atomic E-state index is 0.00933. The Morgan fingerprint density at radius 2 is 1.96 bits per heavy atom. The number of piperidine rings is 1. The first-order chi connectivity index (χ1) is 11.0. The number of rotatable bonds is 4. The Balaban J connectivity index is 1.80. The second-order valence-electron chi connectivity index (χ2n) is 6.41. The first kappa shape index (κ1) is 16.1. The summed E-state index contributed by atoms with van der Waals surface area (Å²) in [6.45, 7) is 5.35. The molecule has 0 saturated carbocycles. The molecular formula is C17H21F2N3O. The summed E-state index contributed by atoms with van der Waals surface area (Å²) in [5.74, 6) is 0.413. The van der Waals surface area contributed by atoms with E-state index >= 15 is 0 Å². The zero-order valence-corrected chi connectivity index (χ0v) is 13.4. The number of hydrogen-bond donors (Lipinski definition) is 0. The molecule has 1 saturated heterocycles. The molecule has 1 unspecified atom stereocenters. The van der Waals surface area contributed by atoms with Gasteiger partial charge >= 0.3 is 0 Å². The van der Waals surface area contributed by atoms with Gasteiger partial charge in [0.2, 0.25) is 5.89 Å². The van der Waals surface area contributed by atoms with E-state index in [0.29, 0.717) is 23.8 Å². The summed E-state index contributed by atoms with van der Waals surface area (Å²) in [6.07, 6.45) is 3.05. The molecule has 0 radical (unpaired) electrons. The molecule has 0 bridgehead atoms. The quantitative estimate of drug-likeness (QED) is 0.846. The summed E-state index contributed by atoms with van der Waals surface area (Å²) in [7, 11) is 0. The fourth-order valence-electron chi connectivity index (χ4n) is 3.01. The van der Waals surface area contributed by atoms with Crippen LogP contribution >= 0.6 is 0 Å². The van der Waals surface area contributed by atoms with Crippen LogP contribution in [0.5, 0.6) is 0 Å². The fraction of sp³-hybridized carbons (Fsp3) is 0.529. The molecule has 1 aromatic heterocycles. The number of hydrogen-bond acceptors (Lipinski definition) is 4. The Kier molecular flexibility index (Phi) is 4.71. The second kappa shape index (κ2) is 6.74. The van der Waals surface area contributed by atoms with Gasteiger partial charge in [0.25, 0.3) is 0 Å². The number of nitrogens with zero attached hydrogens (tertiary/aromatic N) is 3. The number of likely N-dealkylation sites (tertiary alicyclic amines) is 1. The minimum Gasteiger partial charge on any atom is -0.338 e. The van der Waals surface area contributed by atoms with Crippen LogP contribution in [-0.2, 0) is 6.54 Å². The second-order valence-corrected chi connectivity index (χ2v) is 6.41. The van der Waals surface area contributed by atoms with Gasteiger partial charge in [0.05, 0.1) is 6.04 Å². The summed E-state index contributed by atoms with van der Waals surface area (Å²) in [5, 5.41) is 4.03. The lowest BCUT2D eigenvalue weighted by Crippen LogP contribution is -2.33. The molecule has 2 heterocycles. The summed E-state index contributed by atoms with van der Waals surface area (Å²) in [4.78, 5) is 6.65. The van der Waals surface area contributed by atoms with Gasteiger partial charge in [0.1, 0.15) is 11.6 Å². The van der Waals surface area contributed by atoms with E-state index in [0.717, 1.165) is 31.9 Å². The van der Waals surface area contributed by atoms with Crippen molar-refractivity contribution in [3.63, 3.8) is 0 Å². The Labute approximate surface area is 134 Å². The summed E-state index contributed by atoms with van der Waals surface area (Å²) in [5.41, 5.74) is 0.623. The van der Waals surface area contributed by atoms with E-state index in [1.165, 1.54) is 12.1 Å². The van der Waals surface area contributed by atoms with Crippen molar-refractivity contribution in [1.29, 1.82) is 0 Å². The van der Waals surface area contributed by atoms with Crippen LogP contribution in [0.3, 0.4) is 0 Å². The Morgan fingerprint density at radius 1 is 1.22 bits per heavy atom. The predicted molar refractivity (Wildman–Crippen MR) is 81.7 cm³/mol. The van der Waals surface area contributed by atoms with Crippen molar-refractivity contribution >= 4 is 0 Å². The van der Waals surface area contributed by atoms with Gasteiger partial charge in [-0.1, -0.05) is 25.4 Å². The smallest absolute Gasteiger partial charge is 0.244 e. The monoisotopic (exact) mass is 321 g/mol. The van der Waals surface area contributed by atoms with Gasteiger partial charge in [-0.2, -0.15) is 4.98 Å². The first-order valence-electron chi connectivity index (χ1n) is 8.05. The maximum atomic E-state index is 13.4. The van der Waals surface area contributed by atoms with Crippen molar-refractivity contribution in [2.75, 3.05) is 6.54 Å². The van der Waals surface area contributed by atoms with Crippen molar-refractivity contribution in [2.24, 2.45) is 0 Å². The molecule has 1 aliphatic heterocycles. The largest absolute Gasteiger partial charge is 0.338 e. The van der Waals surface area contributed by atoms with E-state index in [4.69, 9.17) is 4.52 Å². The van der Waals surface area contributed by atoms with Crippen molar-refractivity contribution in [2.45, 2.75) is 51.6 Å². The normalized spacial score (nSPS) is 19.4. The van der Waals surface area contributed by atoms with Crippen LogP contribution in [0.25, 0.3) is 0 Å². The third kappa shape index (κ3) is 3.75. The summed E-state index contributed by atoms with van der Waals surface area (Å²) in [6, 6.07) is 3.66. The number of aromatic nitrogens is 2. The average molecular weight is 321 g/mol. The SMILES string of the molecule is CC(C)c1noc(C2CCCCN2Cc2cc(F)cc(F)c2)n1.